The third kappa shape index (κ3) is 5.50. The van der Waals surface area contributed by atoms with Crippen molar-refractivity contribution in [2.24, 2.45) is 0 Å². The van der Waals surface area contributed by atoms with Gasteiger partial charge in [0.2, 0.25) is 0 Å². The number of carbonyl (C=O) groups is 2. The molecule has 0 heterocycles. The molecule has 0 aliphatic rings. The average molecular weight is 248 g/mol. The van der Waals surface area contributed by atoms with Gasteiger partial charge in [-0.25, -0.2) is 9.59 Å². The molecule has 0 aromatic carbocycles. The van der Waals surface area contributed by atoms with Gasteiger partial charge in [-0.1, -0.05) is 0 Å². The Morgan fingerprint density at radius 2 is 2.06 bits per heavy atom. The van der Waals surface area contributed by atoms with Crippen molar-refractivity contribution >= 4 is 12.0 Å². The first kappa shape index (κ1) is 15.7. The normalized spacial score (nSPS) is 13.9. The maximum Gasteiger partial charge on any atom is 0.328 e. The summed E-state index contributed by atoms with van der Waals surface area (Å²) in [7, 11) is 1.52. The Labute approximate surface area is 100 Å². The number of methoxy groups -OCH3 is 1. The van der Waals surface area contributed by atoms with Crippen LogP contribution in [-0.4, -0.2) is 66.1 Å². The summed E-state index contributed by atoms with van der Waals surface area (Å²) in [6.45, 7) is 4.25. The number of aliphatic carboxylic acids is 1. The number of carboxylic acid groups (broad SMARTS) is 1. The summed E-state index contributed by atoms with van der Waals surface area (Å²) in [6.07, 6.45) is -1.16. The Bertz CT molecular complexity index is 257. The fourth-order valence-corrected chi connectivity index (χ4v) is 1.22. The van der Waals surface area contributed by atoms with Crippen molar-refractivity contribution in [1.82, 2.24) is 10.2 Å². The lowest BCUT2D eigenvalue weighted by molar-refractivity contribution is -0.141. The van der Waals surface area contributed by atoms with Crippen molar-refractivity contribution in [1.29, 1.82) is 0 Å². The van der Waals surface area contributed by atoms with Crippen LogP contribution in [0.25, 0.3) is 0 Å². The number of carbonyl (C=O) groups excluding carboxylic acids is 1. The fourth-order valence-electron chi connectivity index (χ4n) is 1.22. The minimum absolute atomic E-state index is 0.366. The third-order valence-electron chi connectivity index (χ3n) is 2.26. The molecule has 2 amide bonds. The van der Waals surface area contributed by atoms with Crippen LogP contribution >= 0.6 is 0 Å². The highest BCUT2D eigenvalue weighted by Gasteiger charge is 2.26. The summed E-state index contributed by atoms with van der Waals surface area (Å²) in [5.74, 6) is -1.27. The number of nitrogens with one attached hydrogen (secondary N) is 1. The number of rotatable bonds is 7. The minimum Gasteiger partial charge on any atom is -0.480 e. The van der Waals surface area contributed by atoms with Gasteiger partial charge in [0.05, 0.1) is 12.7 Å². The zero-order valence-corrected chi connectivity index (χ0v) is 10.3. The molecule has 0 aliphatic heterocycles. The summed E-state index contributed by atoms with van der Waals surface area (Å²) in [5.41, 5.74) is 0. The Kier molecular flexibility index (Phi) is 7.24. The average Bonchev–Trinajstić information content (AvgIpc) is 2.26. The van der Waals surface area contributed by atoms with Gasteiger partial charge in [-0.15, -0.1) is 0 Å². The molecule has 0 radical (unpaired) electrons. The van der Waals surface area contributed by atoms with Crippen molar-refractivity contribution in [3.05, 3.63) is 0 Å². The molecular weight excluding hydrogens is 228 g/mol. The number of aliphatic hydroxyl groups is 1. The van der Waals surface area contributed by atoms with Crippen LogP contribution < -0.4 is 5.32 Å². The molecule has 3 N–H and O–H groups in total. The van der Waals surface area contributed by atoms with Gasteiger partial charge in [0, 0.05) is 20.2 Å². The molecule has 0 fully saturated rings. The maximum absolute atomic E-state index is 11.7. The molecule has 0 aliphatic carbocycles. The highest BCUT2D eigenvalue weighted by atomic mass is 16.5. The van der Waals surface area contributed by atoms with E-state index >= 15 is 0 Å². The van der Waals surface area contributed by atoms with Gasteiger partial charge in [0.1, 0.15) is 0 Å². The summed E-state index contributed by atoms with van der Waals surface area (Å²) >= 11 is 0. The maximum atomic E-state index is 11.7. The number of hydrogen-bond acceptors (Lipinski definition) is 4. The zero-order valence-electron chi connectivity index (χ0n) is 10.3. The van der Waals surface area contributed by atoms with E-state index < -0.39 is 24.1 Å². The number of hydrogen-bond donors (Lipinski definition) is 3. The SMILES string of the molecule is CCN(CCOC)C(=O)N[C@H](C(=O)O)[C@@H](C)O. The van der Waals surface area contributed by atoms with Crippen LogP contribution in [0.1, 0.15) is 13.8 Å². The Balaban J connectivity index is 4.41. The molecule has 0 aromatic rings. The van der Waals surface area contributed by atoms with Gasteiger partial charge in [-0.05, 0) is 13.8 Å². The van der Waals surface area contributed by atoms with Crippen molar-refractivity contribution in [2.75, 3.05) is 26.8 Å². The number of aliphatic hydroxyl groups excluding tert-OH is 1. The van der Waals surface area contributed by atoms with Gasteiger partial charge < -0.3 is 25.2 Å². The molecule has 0 bridgehead atoms. The Morgan fingerprint density at radius 3 is 2.41 bits per heavy atom. The van der Waals surface area contributed by atoms with Gasteiger partial charge in [-0.2, -0.15) is 0 Å². The predicted molar refractivity (Wildman–Crippen MR) is 60.8 cm³/mol. The zero-order chi connectivity index (χ0) is 13.4. The summed E-state index contributed by atoms with van der Waals surface area (Å²) < 4.78 is 4.84. The second-order valence-electron chi connectivity index (χ2n) is 3.58. The van der Waals surface area contributed by atoms with E-state index in [0.717, 1.165) is 0 Å². The van der Waals surface area contributed by atoms with Gasteiger partial charge in [0.25, 0.3) is 0 Å². The van der Waals surface area contributed by atoms with Crippen molar-refractivity contribution in [2.45, 2.75) is 26.0 Å². The second-order valence-corrected chi connectivity index (χ2v) is 3.58. The first-order chi connectivity index (χ1) is 7.93. The fraction of sp³-hybridized carbons (Fsp3) is 0.800. The number of amides is 2. The van der Waals surface area contributed by atoms with Crippen LogP contribution in [-0.2, 0) is 9.53 Å². The van der Waals surface area contributed by atoms with Crippen molar-refractivity contribution in [3.63, 3.8) is 0 Å². The lowest BCUT2D eigenvalue weighted by Crippen LogP contribution is -2.52. The molecule has 7 nitrogen and oxygen atoms in total. The lowest BCUT2D eigenvalue weighted by atomic mass is 10.2. The topological polar surface area (TPSA) is 99.1 Å². The smallest absolute Gasteiger partial charge is 0.328 e. The first-order valence-electron chi connectivity index (χ1n) is 5.39. The largest absolute Gasteiger partial charge is 0.480 e. The van der Waals surface area contributed by atoms with Gasteiger partial charge in [-0.3, -0.25) is 0 Å². The molecule has 0 aromatic heterocycles. The molecule has 0 rings (SSSR count). The monoisotopic (exact) mass is 248 g/mol. The lowest BCUT2D eigenvalue weighted by Gasteiger charge is -2.24. The molecule has 100 valence electrons. The highest BCUT2D eigenvalue weighted by Crippen LogP contribution is 1.97. The van der Waals surface area contributed by atoms with Crippen molar-refractivity contribution in [3.8, 4) is 0 Å². The van der Waals surface area contributed by atoms with E-state index in [1.807, 2.05) is 0 Å². The quantitative estimate of drug-likeness (QED) is 0.564. The molecule has 0 spiro atoms. The molecule has 0 unspecified atom stereocenters. The molecule has 7 heteroatoms. The summed E-state index contributed by atoms with van der Waals surface area (Å²) in [5, 5.41) is 20.3. The highest BCUT2D eigenvalue weighted by molar-refractivity contribution is 5.83. The van der Waals surface area contributed by atoms with Crippen molar-refractivity contribution < 1.29 is 24.5 Å². The van der Waals surface area contributed by atoms with E-state index in [4.69, 9.17) is 9.84 Å². The number of urea groups is 1. The van der Waals surface area contributed by atoms with Crippen LogP contribution in [0.3, 0.4) is 0 Å². The van der Waals surface area contributed by atoms with Gasteiger partial charge >= 0.3 is 12.0 Å². The first-order valence-corrected chi connectivity index (χ1v) is 5.39. The van der Waals surface area contributed by atoms with E-state index in [9.17, 15) is 14.7 Å². The molecule has 0 saturated heterocycles. The molecule has 17 heavy (non-hydrogen) atoms. The van der Waals surface area contributed by atoms with E-state index in [-0.39, 0.29) is 0 Å². The predicted octanol–water partition coefficient (Wildman–Crippen LogP) is -0.502. The van der Waals surface area contributed by atoms with E-state index in [1.54, 1.807) is 6.92 Å². The second kappa shape index (κ2) is 7.86. The number of nitrogens with zero attached hydrogens (tertiary/aromatic N) is 1. The molecule has 2 atom stereocenters. The number of carboxylic acids is 1. The number of ether oxygens (including phenoxy) is 1. The van der Waals surface area contributed by atoms with Crippen LogP contribution in [0, 0.1) is 0 Å². The molecular formula is C10H20N2O5. The van der Waals surface area contributed by atoms with Crippen LogP contribution in [0.5, 0.6) is 0 Å². The Morgan fingerprint density at radius 1 is 1.47 bits per heavy atom. The Hall–Kier alpha value is -1.34. The third-order valence-corrected chi connectivity index (χ3v) is 2.26. The number of likely N-dealkylation sites (N-methyl/N-ethyl adjacent to an activating group) is 1. The molecule has 0 saturated carbocycles. The van der Waals surface area contributed by atoms with Gasteiger partial charge in [0.15, 0.2) is 6.04 Å². The summed E-state index contributed by atoms with van der Waals surface area (Å²) in [4.78, 5) is 23.9. The van der Waals surface area contributed by atoms with E-state index in [2.05, 4.69) is 5.32 Å². The summed E-state index contributed by atoms with van der Waals surface area (Å²) in [6, 6.07) is -1.84. The standard InChI is InChI=1S/C10H20N2O5/c1-4-12(5-6-17-3)10(16)11-8(7(2)13)9(14)15/h7-8,13H,4-6H2,1-3H3,(H,11,16)(H,14,15)/t7-,8+/m1/s1. The minimum atomic E-state index is -1.31. The van der Waals surface area contributed by atoms with E-state index in [0.29, 0.717) is 19.7 Å². The van der Waals surface area contributed by atoms with E-state index in [1.165, 1.54) is 18.9 Å². The van der Waals surface area contributed by atoms with Crippen LogP contribution in [0.2, 0.25) is 0 Å². The van der Waals surface area contributed by atoms with Crippen LogP contribution in [0.15, 0.2) is 0 Å². The van der Waals surface area contributed by atoms with Crippen LogP contribution in [0.4, 0.5) is 4.79 Å².